The summed E-state index contributed by atoms with van der Waals surface area (Å²) in [5.74, 6) is -0.625. The van der Waals surface area contributed by atoms with E-state index in [1.54, 1.807) is 11.0 Å². The fourth-order valence-electron chi connectivity index (χ4n) is 3.60. The molecular weight excluding hydrogens is 415 g/mol. The van der Waals surface area contributed by atoms with Gasteiger partial charge in [-0.25, -0.2) is 4.39 Å². The third-order valence-corrected chi connectivity index (χ3v) is 6.67. The number of halogens is 1. The average molecular weight is 443 g/mol. The van der Waals surface area contributed by atoms with Crippen LogP contribution in [-0.4, -0.2) is 59.3 Å². The van der Waals surface area contributed by atoms with Crippen LogP contribution in [0, 0.1) is 5.82 Å². The highest BCUT2D eigenvalue weighted by Gasteiger charge is 2.35. The molecule has 0 radical (unpaired) electrons. The van der Waals surface area contributed by atoms with Gasteiger partial charge in [0, 0.05) is 36.6 Å². The molecule has 0 aliphatic carbocycles. The quantitative estimate of drug-likeness (QED) is 0.505. The fraction of sp³-hybridized carbons (Fsp3) is 0.375. The van der Waals surface area contributed by atoms with Crippen LogP contribution in [-0.2, 0) is 15.0 Å². The maximum absolute atomic E-state index is 14.2. The van der Waals surface area contributed by atoms with Crippen LogP contribution < -0.4 is 0 Å². The van der Waals surface area contributed by atoms with Gasteiger partial charge in [0.25, 0.3) is 0 Å². The molecule has 0 bridgehead atoms. The molecule has 2 amide bonds. The van der Waals surface area contributed by atoms with Gasteiger partial charge >= 0.3 is 0 Å². The van der Waals surface area contributed by atoms with Crippen LogP contribution in [0.15, 0.2) is 53.4 Å². The Morgan fingerprint density at radius 3 is 2.16 bits per heavy atom. The largest absolute Gasteiger partial charge is 0.338 e. The minimum Gasteiger partial charge on any atom is -0.338 e. The third-order valence-electron chi connectivity index (χ3n) is 5.64. The van der Waals surface area contributed by atoms with Gasteiger partial charge in [-0.05, 0) is 38.5 Å². The maximum Gasteiger partial charge on any atom is 0.233 e. The summed E-state index contributed by atoms with van der Waals surface area (Å²) in [7, 11) is 0. The number of Topliss-reactive ketones (excluding diaryl/α,β-unsaturated/α-hetero) is 1. The van der Waals surface area contributed by atoms with Gasteiger partial charge in [0.1, 0.15) is 5.82 Å². The van der Waals surface area contributed by atoms with Crippen molar-refractivity contribution in [2.24, 2.45) is 0 Å². The minimum atomic E-state index is -0.632. The molecule has 5 nitrogen and oxygen atoms in total. The first-order chi connectivity index (χ1) is 14.7. The van der Waals surface area contributed by atoms with Gasteiger partial charge in [0.05, 0.1) is 11.2 Å². The van der Waals surface area contributed by atoms with Crippen molar-refractivity contribution in [3.8, 4) is 0 Å². The maximum atomic E-state index is 14.2. The smallest absolute Gasteiger partial charge is 0.233 e. The van der Waals surface area contributed by atoms with E-state index in [1.807, 2.05) is 49.1 Å². The highest BCUT2D eigenvalue weighted by Crippen LogP contribution is 2.27. The van der Waals surface area contributed by atoms with E-state index in [0.29, 0.717) is 36.6 Å². The Kier molecular flexibility index (Phi) is 7.15. The van der Waals surface area contributed by atoms with E-state index in [2.05, 4.69) is 0 Å². The van der Waals surface area contributed by atoms with Crippen molar-refractivity contribution in [1.29, 1.82) is 0 Å². The number of nitrogens with zero attached hydrogens (tertiary/aromatic N) is 2. The molecule has 1 saturated heterocycles. The topological polar surface area (TPSA) is 57.7 Å². The van der Waals surface area contributed by atoms with Crippen LogP contribution in [0.1, 0.15) is 36.7 Å². The summed E-state index contributed by atoms with van der Waals surface area (Å²) in [6.45, 7) is 7.11. The van der Waals surface area contributed by atoms with Gasteiger partial charge in [-0.2, -0.15) is 0 Å². The monoisotopic (exact) mass is 442 g/mol. The molecule has 0 atom stereocenters. The molecule has 164 valence electrons. The van der Waals surface area contributed by atoms with Gasteiger partial charge in [0.2, 0.25) is 11.8 Å². The number of piperazine rings is 1. The molecule has 31 heavy (non-hydrogen) atoms. The number of thioether (sulfide) groups is 1. The molecule has 2 aromatic carbocycles. The Bertz CT molecular complexity index is 970. The number of hydrogen-bond acceptors (Lipinski definition) is 4. The second-order valence-electron chi connectivity index (χ2n) is 8.15. The van der Waals surface area contributed by atoms with Crippen molar-refractivity contribution >= 4 is 29.4 Å². The highest BCUT2D eigenvalue weighted by molar-refractivity contribution is 8.00. The third kappa shape index (κ3) is 5.34. The van der Waals surface area contributed by atoms with Gasteiger partial charge in [-0.15, -0.1) is 11.8 Å². The Morgan fingerprint density at radius 2 is 1.58 bits per heavy atom. The van der Waals surface area contributed by atoms with Crippen molar-refractivity contribution in [2.45, 2.75) is 31.1 Å². The Morgan fingerprint density at radius 1 is 0.968 bits per heavy atom. The molecule has 0 spiro atoms. The number of benzene rings is 2. The first kappa shape index (κ1) is 23.0. The standard InChI is InChI=1S/C24H27FN2O3S/c1-17(28)18-9-10-21(20(25)15-18)31-16-22(29)26-11-13-27(14-12-26)23(30)24(2,3)19-7-5-4-6-8-19/h4-10,15H,11-14,16H2,1-3H3. The fourth-order valence-corrected chi connectivity index (χ4v) is 4.42. The van der Waals surface area contributed by atoms with Crippen LogP contribution in [0.4, 0.5) is 4.39 Å². The zero-order valence-electron chi connectivity index (χ0n) is 18.1. The summed E-state index contributed by atoms with van der Waals surface area (Å²) in [6.07, 6.45) is 0. The number of amides is 2. The molecule has 0 N–H and O–H groups in total. The first-order valence-electron chi connectivity index (χ1n) is 10.3. The molecule has 0 unspecified atom stereocenters. The van der Waals surface area contributed by atoms with Crippen LogP contribution in [0.2, 0.25) is 0 Å². The van der Waals surface area contributed by atoms with E-state index in [4.69, 9.17) is 0 Å². The summed E-state index contributed by atoms with van der Waals surface area (Å²) in [5, 5.41) is 0. The lowest BCUT2D eigenvalue weighted by Gasteiger charge is -2.38. The normalized spacial score (nSPS) is 14.5. The number of hydrogen-bond donors (Lipinski definition) is 0. The zero-order chi connectivity index (χ0) is 22.6. The highest BCUT2D eigenvalue weighted by atomic mass is 32.2. The SMILES string of the molecule is CC(=O)c1ccc(SCC(=O)N2CCN(C(=O)C(C)(C)c3ccccc3)CC2)c(F)c1. The number of rotatable bonds is 6. The molecule has 1 aliphatic heterocycles. The van der Waals surface area contributed by atoms with Crippen LogP contribution in [0.3, 0.4) is 0 Å². The molecule has 1 aliphatic rings. The lowest BCUT2D eigenvalue weighted by Crippen LogP contribution is -2.54. The first-order valence-corrected chi connectivity index (χ1v) is 11.2. The van der Waals surface area contributed by atoms with Crippen molar-refractivity contribution in [1.82, 2.24) is 9.80 Å². The Labute approximate surface area is 186 Å². The molecule has 2 aromatic rings. The summed E-state index contributed by atoms with van der Waals surface area (Å²) < 4.78 is 14.2. The Hall–Kier alpha value is -2.67. The second-order valence-corrected chi connectivity index (χ2v) is 9.17. The Balaban J connectivity index is 1.53. The van der Waals surface area contributed by atoms with E-state index >= 15 is 0 Å². The lowest BCUT2D eigenvalue weighted by molar-refractivity contribution is -0.141. The van der Waals surface area contributed by atoms with E-state index in [-0.39, 0.29) is 23.4 Å². The molecule has 3 rings (SSSR count). The predicted molar refractivity (Wildman–Crippen MR) is 120 cm³/mol. The molecule has 7 heteroatoms. The van der Waals surface area contributed by atoms with Gasteiger partial charge in [-0.1, -0.05) is 36.4 Å². The average Bonchev–Trinajstić information content (AvgIpc) is 2.78. The van der Waals surface area contributed by atoms with E-state index in [9.17, 15) is 18.8 Å². The van der Waals surface area contributed by atoms with Gasteiger partial charge < -0.3 is 9.80 Å². The molecule has 0 saturated carbocycles. The summed E-state index contributed by atoms with van der Waals surface area (Å²) >= 11 is 1.12. The minimum absolute atomic E-state index is 0.0489. The van der Waals surface area contributed by atoms with Crippen molar-refractivity contribution in [3.63, 3.8) is 0 Å². The van der Waals surface area contributed by atoms with Crippen LogP contribution in [0.25, 0.3) is 0 Å². The lowest BCUT2D eigenvalue weighted by atomic mass is 9.83. The number of carbonyl (C=O) groups excluding carboxylic acids is 3. The summed E-state index contributed by atoms with van der Waals surface area (Å²) in [6, 6.07) is 14.0. The number of ketones is 1. The van der Waals surface area contributed by atoms with Gasteiger partial charge in [-0.3, -0.25) is 14.4 Å². The van der Waals surface area contributed by atoms with E-state index in [1.165, 1.54) is 19.1 Å². The number of carbonyl (C=O) groups is 3. The van der Waals surface area contributed by atoms with Crippen LogP contribution >= 0.6 is 11.8 Å². The van der Waals surface area contributed by atoms with Crippen molar-refractivity contribution in [2.75, 3.05) is 31.9 Å². The predicted octanol–water partition coefficient (Wildman–Crippen LogP) is 3.77. The molecule has 1 fully saturated rings. The zero-order valence-corrected chi connectivity index (χ0v) is 18.9. The summed E-state index contributed by atoms with van der Waals surface area (Å²) in [5.41, 5.74) is 0.646. The molecule has 1 heterocycles. The van der Waals surface area contributed by atoms with E-state index < -0.39 is 11.2 Å². The molecular formula is C24H27FN2O3S. The van der Waals surface area contributed by atoms with Crippen molar-refractivity contribution in [3.05, 3.63) is 65.5 Å². The van der Waals surface area contributed by atoms with Crippen LogP contribution in [0.5, 0.6) is 0 Å². The van der Waals surface area contributed by atoms with Crippen molar-refractivity contribution < 1.29 is 18.8 Å². The second kappa shape index (κ2) is 9.64. The summed E-state index contributed by atoms with van der Waals surface area (Å²) in [4.78, 5) is 40.9. The van der Waals surface area contributed by atoms with Gasteiger partial charge in [0.15, 0.2) is 5.78 Å². The molecule has 0 aromatic heterocycles. The van der Waals surface area contributed by atoms with E-state index in [0.717, 1.165) is 17.3 Å².